The van der Waals surface area contributed by atoms with Gasteiger partial charge >= 0.3 is 5.97 Å². The van der Waals surface area contributed by atoms with Crippen LogP contribution in [0.2, 0.25) is 5.02 Å². The molecule has 1 N–H and O–H groups in total. The van der Waals surface area contributed by atoms with Crippen molar-refractivity contribution in [1.82, 2.24) is 9.78 Å². The number of aryl methyl sites for hydroxylation is 1. The lowest BCUT2D eigenvalue weighted by Gasteiger charge is -2.09. The fourth-order valence-electron chi connectivity index (χ4n) is 1.91. The van der Waals surface area contributed by atoms with E-state index in [0.29, 0.717) is 17.3 Å². The Morgan fingerprint density at radius 2 is 2.21 bits per heavy atom. The van der Waals surface area contributed by atoms with Gasteiger partial charge in [0.15, 0.2) is 5.69 Å². The fraction of sp³-hybridized carbons (Fsp3) is 0.231. The predicted molar refractivity (Wildman–Crippen MR) is 71.3 cm³/mol. The molecule has 1 aromatic heterocycles. The minimum Gasteiger partial charge on any atom is -0.476 e. The maximum absolute atomic E-state index is 10.9. The van der Waals surface area contributed by atoms with Gasteiger partial charge in [0.1, 0.15) is 0 Å². The van der Waals surface area contributed by atoms with Crippen LogP contribution in [0.4, 0.5) is 0 Å². The number of aromatic carboxylic acids is 1. The number of nitrogens with zero attached hydrogens (tertiary/aromatic N) is 2. The van der Waals surface area contributed by atoms with Gasteiger partial charge in [-0.05, 0) is 23.8 Å². The summed E-state index contributed by atoms with van der Waals surface area (Å²) in [6, 6.07) is 6.92. The van der Waals surface area contributed by atoms with Crippen LogP contribution in [0.1, 0.15) is 16.1 Å². The summed E-state index contributed by atoms with van der Waals surface area (Å²) >= 11 is 5.96. The molecule has 2 aromatic rings. The molecule has 0 spiro atoms. The van der Waals surface area contributed by atoms with Gasteiger partial charge in [-0.1, -0.05) is 17.7 Å². The average molecular weight is 281 g/mol. The van der Waals surface area contributed by atoms with E-state index >= 15 is 0 Å². The normalized spacial score (nSPS) is 10.7. The average Bonchev–Trinajstić information content (AvgIpc) is 2.72. The van der Waals surface area contributed by atoms with Crippen LogP contribution in [0.3, 0.4) is 0 Å². The Morgan fingerprint density at radius 1 is 1.47 bits per heavy atom. The molecule has 0 amide bonds. The summed E-state index contributed by atoms with van der Waals surface area (Å²) in [4.78, 5) is 10.9. The zero-order valence-corrected chi connectivity index (χ0v) is 11.3. The molecule has 0 bridgehead atoms. The summed E-state index contributed by atoms with van der Waals surface area (Å²) in [5, 5.41) is 13.5. The van der Waals surface area contributed by atoms with E-state index in [1.54, 1.807) is 26.3 Å². The maximum atomic E-state index is 10.9. The number of hydrogen-bond donors (Lipinski definition) is 1. The molecule has 1 heterocycles. The molecule has 0 aliphatic rings. The lowest BCUT2D eigenvalue weighted by molar-refractivity contribution is 0.0689. The summed E-state index contributed by atoms with van der Waals surface area (Å²) in [6.07, 6.45) is 0. The van der Waals surface area contributed by atoms with Gasteiger partial charge in [-0.15, -0.1) is 0 Å². The van der Waals surface area contributed by atoms with Crippen LogP contribution in [0, 0.1) is 0 Å². The quantitative estimate of drug-likeness (QED) is 0.935. The first-order valence-electron chi connectivity index (χ1n) is 5.58. The third-order valence-corrected chi connectivity index (χ3v) is 2.98. The van der Waals surface area contributed by atoms with E-state index in [1.807, 2.05) is 6.07 Å². The lowest BCUT2D eigenvalue weighted by Crippen LogP contribution is -2.00. The largest absolute Gasteiger partial charge is 0.476 e. The first-order valence-corrected chi connectivity index (χ1v) is 5.95. The molecule has 0 radical (unpaired) electrons. The van der Waals surface area contributed by atoms with Crippen molar-refractivity contribution in [2.24, 2.45) is 7.05 Å². The number of benzene rings is 1. The molecule has 5 nitrogen and oxygen atoms in total. The minimum absolute atomic E-state index is 0.0100. The van der Waals surface area contributed by atoms with Gasteiger partial charge in [0.25, 0.3) is 0 Å². The molecule has 0 unspecified atom stereocenters. The number of rotatable bonds is 4. The van der Waals surface area contributed by atoms with Crippen molar-refractivity contribution in [2.75, 3.05) is 7.11 Å². The second-order valence-corrected chi connectivity index (χ2v) is 4.51. The van der Waals surface area contributed by atoms with E-state index in [0.717, 1.165) is 11.1 Å². The Morgan fingerprint density at radius 3 is 2.79 bits per heavy atom. The third kappa shape index (κ3) is 2.77. The number of hydrogen-bond acceptors (Lipinski definition) is 3. The number of methoxy groups -OCH3 is 1. The Bertz CT molecular complexity index is 622. The van der Waals surface area contributed by atoms with Crippen LogP contribution < -0.4 is 0 Å². The zero-order chi connectivity index (χ0) is 14.0. The van der Waals surface area contributed by atoms with Crippen LogP contribution in [0.25, 0.3) is 11.3 Å². The Hall–Kier alpha value is -1.85. The van der Waals surface area contributed by atoms with Crippen LogP contribution in [-0.2, 0) is 18.4 Å². The zero-order valence-electron chi connectivity index (χ0n) is 10.6. The lowest BCUT2D eigenvalue weighted by atomic mass is 10.0. The van der Waals surface area contributed by atoms with Gasteiger partial charge in [-0.2, -0.15) is 5.10 Å². The highest BCUT2D eigenvalue weighted by Gasteiger charge is 2.15. The number of carboxylic acids is 1. The third-order valence-electron chi connectivity index (χ3n) is 2.74. The van der Waals surface area contributed by atoms with Gasteiger partial charge < -0.3 is 9.84 Å². The first-order chi connectivity index (χ1) is 9.02. The molecule has 0 aliphatic carbocycles. The number of aromatic nitrogens is 2. The van der Waals surface area contributed by atoms with Crippen LogP contribution in [0.15, 0.2) is 24.3 Å². The molecule has 0 saturated carbocycles. The van der Waals surface area contributed by atoms with Gasteiger partial charge in [0, 0.05) is 24.7 Å². The summed E-state index contributed by atoms with van der Waals surface area (Å²) in [6.45, 7) is 0.392. The highest BCUT2D eigenvalue weighted by molar-refractivity contribution is 6.30. The monoisotopic (exact) mass is 280 g/mol. The predicted octanol–water partition coefficient (Wildman–Crippen LogP) is 2.59. The van der Waals surface area contributed by atoms with E-state index in [2.05, 4.69) is 5.10 Å². The SMILES string of the molecule is COCc1cc(Cl)ccc1-c1cc(C(=O)O)nn1C. The molecule has 6 heteroatoms. The van der Waals surface area contributed by atoms with Crippen molar-refractivity contribution in [3.8, 4) is 11.3 Å². The number of carbonyl (C=O) groups is 1. The fourth-order valence-corrected chi connectivity index (χ4v) is 2.11. The number of halogens is 1. The topological polar surface area (TPSA) is 64.3 Å². The smallest absolute Gasteiger partial charge is 0.356 e. The van der Waals surface area contributed by atoms with Gasteiger partial charge in [-0.3, -0.25) is 4.68 Å². The standard InChI is InChI=1S/C13H13ClN2O3/c1-16-12(6-11(15-16)13(17)18)10-4-3-9(14)5-8(10)7-19-2/h3-6H,7H2,1-2H3,(H,17,18). The van der Waals surface area contributed by atoms with E-state index < -0.39 is 5.97 Å². The molecule has 0 saturated heterocycles. The van der Waals surface area contributed by atoms with Crippen molar-refractivity contribution < 1.29 is 14.6 Å². The van der Waals surface area contributed by atoms with Crippen molar-refractivity contribution in [3.63, 3.8) is 0 Å². The molecule has 0 atom stereocenters. The Labute approximate surface area is 115 Å². The summed E-state index contributed by atoms with van der Waals surface area (Å²) < 4.78 is 6.67. The van der Waals surface area contributed by atoms with Gasteiger partial charge in [-0.25, -0.2) is 4.79 Å². The van der Waals surface area contributed by atoms with Gasteiger partial charge in [0.05, 0.1) is 12.3 Å². The number of ether oxygens (including phenoxy) is 1. The van der Waals surface area contributed by atoms with Crippen molar-refractivity contribution in [1.29, 1.82) is 0 Å². The highest BCUT2D eigenvalue weighted by Crippen LogP contribution is 2.27. The maximum Gasteiger partial charge on any atom is 0.356 e. The van der Waals surface area contributed by atoms with Crippen LogP contribution in [-0.4, -0.2) is 28.0 Å². The second kappa shape index (κ2) is 5.42. The number of carboxylic acid groups (broad SMARTS) is 1. The molecule has 2 rings (SSSR count). The van der Waals surface area contributed by atoms with E-state index in [-0.39, 0.29) is 5.69 Å². The minimum atomic E-state index is -1.05. The second-order valence-electron chi connectivity index (χ2n) is 4.08. The first kappa shape index (κ1) is 13.6. The van der Waals surface area contributed by atoms with E-state index in [9.17, 15) is 4.79 Å². The van der Waals surface area contributed by atoms with Crippen molar-refractivity contribution in [2.45, 2.75) is 6.61 Å². The van der Waals surface area contributed by atoms with E-state index in [4.69, 9.17) is 21.4 Å². The van der Waals surface area contributed by atoms with Gasteiger partial charge in [0.2, 0.25) is 0 Å². The molecule has 1 aromatic carbocycles. The summed E-state index contributed by atoms with van der Waals surface area (Å²) in [5.74, 6) is -1.05. The van der Waals surface area contributed by atoms with Crippen LogP contribution >= 0.6 is 11.6 Å². The summed E-state index contributed by atoms with van der Waals surface area (Å²) in [5.41, 5.74) is 2.46. The Kier molecular flexibility index (Phi) is 3.87. The molecule has 0 aliphatic heterocycles. The van der Waals surface area contributed by atoms with Crippen molar-refractivity contribution >= 4 is 17.6 Å². The summed E-state index contributed by atoms with van der Waals surface area (Å²) in [7, 11) is 3.30. The molecule has 100 valence electrons. The molecular weight excluding hydrogens is 268 g/mol. The highest BCUT2D eigenvalue weighted by atomic mass is 35.5. The van der Waals surface area contributed by atoms with Crippen molar-refractivity contribution in [3.05, 3.63) is 40.5 Å². The van der Waals surface area contributed by atoms with E-state index in [1.165, 1.54) is 10.7 Å². The molecular formula is C13H13ClN2O3. The molecule has 0 fully saturated rings. The molecule has 19 heavy (non-hydrogen) atoms. The Balaban J connectivity index is 2.54. The van der Waals surface area contributed by atoms with Crippen LogP contribution in [0.5, 0.6) is 0 Å².